The summed E-state index contributed by atoms with van der Waals surface area (Å²) in [5.74, 6) is -1.58. The SMILES string of the molecule is CC(C)(NC(=O)c1ccc(-c2ccc(NC(=O)Nc3ccc(Cl)cc3)cc2)cc1)C(=O)O. The molecule has 3 rings (SSSR count). The van der Waals surface area contributed by atoms with E-state index in [1.54, 1.807) is 60.7 Å². The van der Waals surface area contributed by atoms with Crippen molar-refractivity contribution >= 4 is 40.9 Å². The van der Waals surface area contributed by atoms with Crippen LogP contribution in [0.4, 0.5) is 16.2 Å². The summed E-state index contributed by atoms with van der Waals surface area (Å²) in [5, 5.41) is 17.7. The monoisotopic (exact) mass is 451 g/mol. The average Bonchev–Trinajstić information content (AvgIpc) is 2.75. The Hall–Kier alpha value is -3.84. The predicted molar refractivity (Wildman–Crippen MR) is 125 cm³/mol. The Kier molecular flexibility index (Phi) is 6.80. The molecule has 0 saturated carbocycles. The Labute approximate surface area is 190 Å². The highest BCUT2D eigenvalue weighted by Gasteiger charge is 2.29. The molecule has 0 aliphatic carbocycles. The Morgan fingerprint density at radius 3 is 1.66 bits per heavy atom. The maximum Gasteiger partial charge on any atom is 0.328 e. The molecule has 7 nitrogen and oxygen atoms in total. The molecule has 3 aromatic carbocycles. The van der Waals surface area contributed by atoms with Crippen molar-refractivity contribution in [2.75, 3.05) is 10.6 Å². The Morgan fingerprint density at radius 1 is 0.750 bits per heavy atom. The van der Waals surface area contributed by atoms with Gasteiger partial charge in [-0.1, -0.05) is 35.9 Å². The van der Waals surface area contributed by atoms with Crippen molar-refractivity contribution in [3.05, 3.63) is 83.4 Å². The smallest absolute Gasteiger partial charge is 0.328 e. The van der Waals surface area contributed by atoms with Crippen LogP contribution in [0.2, 0.25) is 5.02 Å². The van der Waals surface area contributed by atoms with Gasteiger partial charge < -0.3 is 21.1 Å². The highest BCUT2D eigenvalue weighted by atomic mass is 35.5. The van der Waals surface area contributed by atoms with E-state index in [2.05, 4.69) is 16.0 Å². The summed E-state index contributed by atoms with van der Waals surface area (Å²) in [6.45, 7) is 2.85. The number of rotatable bonds is 6. The third-order valence-corrected chi connectivity index (χ3v) is 4.94. The van der Waals surface area contributed by atoms with Crippen LogP contribution < -0.4 is 16.0 Å². The number of hydrogen-bond donors (Lipinski definition) is 4. The molecule has 0 atom stereocenters. The maximum atomic E-state index is 12.3. The van der Waals surface area contributed by atoms with Crippen molar-refractivity contribution in [1.82, 2.24) is 5.32 Å². The summed E-state index contributed by atoms with van der Waals surface area (Å²) in [7, 11) is 0. The molecule has 0 heterocycles. The summed E-state index contributed by atoms with van der Waals surface area (Å²) in [4.78, 5) is 35.6. The zero-order valence-electron chi connectivity index (χ0n) is 17.5. The van der Waals surface area contributed by atoms with Crippen LogP contribution in [-0.4, -0.2) is 28.6 Å². The van der Waals surface area contributed by atoms with Crippen LogP contribution in [-0.2, 0) is 4.79 Å². The van der Waals surface area contributed by atoms with Crippen LogP contribution in [0.5, 0.6) is 0 Å². The van der Waals surface area contributed by atoms with Gasteiger partial charge in [0.05, 0.1) is 0 Å². The number of urea groups is 1. The zero-order chi connectivity index (χ0) is 23.3. The molecule has 8 heteroatoms. The lowest BCUT2D eigenvalue weighted by Crippen LogP contribution is -2.49. The first-order valence-corrected chi connectivity index (χ1v) is 10.1. The van der Waals surface area contributed by atoms with E-state index in [0.29, 0.717) is 22.0 Å². The molecule has 0 saturated heterocycles. The van der Waals surface area contributed by atoms with Gasteiger partial charge in [0.2, 0.25) is 0 Å². The molecule has 0 aromatic heterocycles. The highest BCUT2D eigenvalue weighted by Crippen LogP contribution is 2.22. The van der Waals surface area contributed by atoms with E-state index in [4.69, 9.17) is 16.7 Å². The fourth-order valence-corrected chi connectivity index (χ4v) is 2.92. The first-order chi connectivity index (χ1) is 15.1. The number of aliphatic carboxylic acids is 1. The second-order valence-electron chi connectivity index (χ2n) is 7.62. The van der Waals surface area contributed by atoms with E-state index < -0.39 is 17.4 Å². The Bertz CT molecular complexity index is 1130. The fourth-order valence-electron chi connectivity index (χ4n) is 2.80. The normalized spacial score (nSPS) is 10.8. The number of carbonyl (C=O) groups is 3. The lowest BCUT2D eigenvalue weighted by atomic mass is 10.0. The number of anilines is 2. The first-order valence-electron chi connectivity index (χ1n) is 9.74. The lowest BCUT2D eigenvalue weighted by Gasteiger charge is -2.21. The van der Waals surface area contributed by atoms with Crippen molar-refractivity contribution in [1.29, 1.82) is 0 Å². The second kappa shape index (κ2) is 9.53. The number of nitrogens with one attached hydrogen (secondary N) is 3. The number of benzene rings is 3. The number of amides is 3. The molecule has 0 unspecified atom stereocenters. The van der Waals surface area contributed by atoms with Gasteiger partial charge in [0.1, 0.15) is 5.54 Å². The minimum absolute atomic E-state index is 0.361. The molecule has 0 aliphatic heterocycles. The van der Waals surface area contributed by atoms with Crippen molar-refractivity contribution < 1.29 is 19.5 Å². The zero-order valence-corrected chi connectivity index (χ0v) is 18.2. The van der Waals surface area contributed by atoms with E-state index >= 15 is 0 Å². The van der Waals surface area contributed by atoms with Crippen LogP contribution in [0.1, 0.15) is 24.2 Å². The van der Waals surface area contributed by atoms with Crippen molar-refractivity contribution in [2.24, 2.45) is 0 Å². The molecular weight excluding hydrogens is 430 g/mol. The molecule has 0 fully saturated rings. The predicted octanol–water partition coefficient (Wildman–Crippen LogP) is 5.24. The molecule has 0 spiro atoms. The van der Waals surface area contributed by atoms with E-state index in [1.807, 2.05) is 12.1 Å². The van der Waals surface area contributed by atoms with Gasteiger partial charge in [0.25, 0.3) is 5.91 Å². The highest BCUT2D eigenvalue weighted by molar-refractivity contribution is 6.30. The van der Waals surface area contributed by atoms with E-state index in [1.165, 1.54) is 13.8 Å². The van der Waals surface area contributed by atoms with Crippen LogP contribution in [0.25, 0.3) is 11.1 Å². The fraction of sp³-hybridized carbons (Fsp3) is 0.125. The van der Waals surface area contributed by atoms with Gasteiger partial charge in [-0.25, -0.2) is 9.59 Å². The standard InChI is InChI=1S/C24H22ClN3O4/c1-24(2,22(30)31)28-21(29)17-5-3-15(4-6-17)16-7-11-19(12-8-16)26-23(32)27-20-13-9-18(25)10-14-20/h3-14H,1-2H3,(H,28,29)(H,30,31)(H2,26,27,32). The summed E-state index contributed by atoms with van der Waals surface area (Å²) < 4.78 is 0. The lowest BCUT2D eigenvalue weighted by molar-refractivity contribution is -0.143. The third-order valence-electron chi connectivity index (χ3n) is 4.69. The molecule has 3 aromatic rings. The average molecular weight is 452 g/mol. The van der Waals surface area contributed by atoms with Gasteiger partial charge in [0.15, 0.2) is 0 Å². The number of halogens is 1. The van der Waals surface area contributed by atoms with Crippen molar-refractivity contribution in [3.63, 3.8) is 0 Å². The van der Waals surface area contributed by atoms with Crippen LogP contribution in [0, 0.1) is 0 Å². The molecule has 164 valence electrons. The van der Waals surface area contributed by atoms with Gasteiger partial charge in [-0.15, -0.1) is 0 Å². The maximum absolute atomic E-state index is 12.3. The molecular formula is C24H22ClN3O4. The number of carboxylic acids is 1. The van der Waals surface area contributed by atoms with Crippen molar-refractivity contribution in [2.45, 2.75) is 19.4 Å². The van der Waals surface area contributed by atoms with Crippen LogP contribution in [0.15, 0.2) is 72.8 Å². The Balaban J connectivity index is 1.62. The van der Waals surface area contributed by atoms with Crippen LogP contribution >= 0.6 is 11.6 Å². The summed E-state index contributed by atoms with van der Waals surface area (Å²) in [5.41, 5.74) is 2.01. The minimum Gasteiger partial charge on any atom is -0.480 e. The van der Waals surface area contributed by atoms with Gasteiger partial charge in [-0.3, -0.25) is 4.79 Å². The molecule has 4 N–H and O–H groups in total. The second-order valence-corrected chi connectivity index (χ2v) is 8.06. The van der Waals surface area contributed by atoms with Gasteiger partial charge in [0, 0.05) is 22.0 Å². The van der Waals surface area contributed by atoms with Crippen LogP contribution in [0.3, 0.4) is 0 Å². The Morgan fingerprint density at radius 2 is 1.19 bits per heavy atom. The van der Waals surface area contributed by atoms with Gasteiger partial charge in [-0.05, 0) is 73.5 Å². The van der Waals surface area contributed by atoms with Gasteiger partial charge >= 0.3 is 12.0 Å². The van der Waals surface area contributed by atoms with E-state index in [0.717, 1.165) is 11.1 Å². The number of carboxylic acid groups (broad SMARTS) is 1. The summed E-state index contributed by atoms with van der Waals surface area (Å²) in [6, 6.07) is 20.5. The molecule has 3 amide bonds. The largest absolute Gasteiger partial charge is 0.480 e. The molecule has 0 bridgehead atoms. The topological polar surface area (TPSA) is 108 Å². The molecule has 0 radical (unpaired) electrons. The summed E-state index contributed by atoms with van der Waals surface area (Å²) in [6.07, 6.45) is 0. The quantitative estimate of drug-likeness (QED) is 0.410. The minimum atomic E-state index is -1.36. The number of carbonyl (C=O) groups excluding carboxylic acids is 2. The first kappa shape index (κ1) is 22.8. The van der Waals surface area contributed by atoms with Crippen molar-refractivity contribution in [3.8, 4) is 11.1 Å². The third kappa shape index (κ3) is 5.86. The van der Waals surface area contributed by atoms with Gasteiger partial charge in [-0.2, -0.15) is 0 Å². The summed E-state index contributed by atoms with van der Waals surface area (Å²) >= 11 is 5.83. The molecule has 0 aliphatic rings. The van der Waals surface area contributed by atoms with E-state index in [-0.39, 0.29) is 6.03 Å². The molecule has 32 heavy (non-hydrogen) atoms. The van der Waals surface area contributed by atoms with E-state index in [9.17, 15) is 14.4 Å². The number of hydrogen-bond acceptors (Lipinski definition) is 3.